The number of rotatable bonds is 6. The first-order chi connectivity index (χ1) is 13.8. The van der Waals surface area contributed by atoms with E-state index >= 15 is 0 Å². The summed E-state index contributed by atoms with van der Waals surface area (Å²) in [5, 5.41) is 2.66. The molecule has 0 aliphatic carbocycles. The summed E-state index contributed by atoms with van der Waals surface area (Å²) >= 11 is 0. The zero-order valence-corrected chi connectivity index (χ0v) is 16.7. The van der Waals surface area contributed by atoms with Crippen molar-refractivity contribution < 1.29 is 26.7 Å². The van der Waals surface area contributed by atoms with Gasteiger partial charge in [0.15, 0.2) is 0 Å². The average molecular weight is 424 g/mol. The second-order valence-corrected chi connectivity index (χ2v) is 8.76. The van der Waals surface area contributed by atoms with Crippen molar-refractivity contribution in [3.8, 4) is 0 Å². The fourth-order valence-electron chi connectivity index (χ4n) is 3.13. The molecule has 2 aromatic rings. The first-order valence-electron chi connectivity index (χ1n) is 9.21. The fraction of sp³-hybridized carbons (Fsp3) is 0.350. The number of hydrogen-bond donors (Lipinski definition) is 1. The predicted molar refractivity (Wildman–Crippen MR) is 103 cm³/mol. The molecule has 156 valence electrons. The summed E-state index contributed by atoms with van der Waals surface area (Å²) in [5.41, 5.74) is 0.0455. The maximum atomic E-state index is 13.8. The van der Waals surface area contributed by atoms with E-state index in [4.69, 9.17) is 4.74 Å². The number of halogens is 2. The first-order valence-corrected chi connectivity index (χ1v) is 10.6. The largest absolute Gasteiger partial charge is 0.379 e. The summed E-state index contributed by atoms with van der Waals surface area (Å²) in [5.74, 6) is -1.87. The minimum atomic E-state index is -3.73. The van der Waals surface area contributed by atoms with Gasteiger partial charge in [0.25, 0.3) is 5.91 Å². The van der Waals surface area contributed by atoms with Crippen molar-refractivity contribution in [1.29, 1.82) is 0 Å². The van der Waals surface area contributed by atoms with Crippen LogP contribution in [0.1, 0.15) is 22.8 Å². The Bertz CT molecular complexity index is 971. The van der Waals surface area contributed by atoms with E-state index < -0.39 is 33.6 Å². The summed E-state index contributed by atoms with van der Waals surface area (Å²) in [6.07, 6.45) is -0.0317. The topological polar surface area (TPSA) is 75.7 Å². The maximum Gasteiger partial charge on any atom is 0.251 e. The van der Waals surface area contributed by atoms with E-state index in [0.29, 0.717) is 13.2 Å². The number of nitrogens with one attached hydrogen (secondary N) is 1. The highest BCUT2D eigenvalue weighted by molar-refractivity contribution is 7.89. The van der Waals surface area contributed by atoms with Crippen molar-refractivity contribution in [2.45, 2.75) is 24.3 Å². The molecule has 1 aliphatic heterocycles. The Morgan fingerprint density at radius 3 is 2.41 bits per heavy atom. The number of ether oxygens (including phenoxy) is 1. The second kappa shape index (κ2) is 8.98. The van der Waals surface area contributed by atoms with Gasteiger partial charge in [-0.3, -0.25) is 4.79 Å². The molecule has 1 saturated heterocycles. The summed E-state index contributed by atoms with van der Waals surface area (Å²) in [4.78, 5) is 12.6. The standard InChI is InChI=1S/C20H22F2N2O4S/c1-14(12-17-18(21)6-3-7-19(17)22)23-20(25)15-4-2-5-16(13-15)29(26,27)24-8-10-28-11-9-24/h2-7,13-14H,8-12H2,1H3,(H,23,25). The molecule has 1 unspecified atom stereocenters. The van der Waals surface area contributed by atoms with Gasteiger partial charge in [0, 0.05) is 30.3 Å². The molecular weight excluding hydrogens is 402 g/mol. The van der Waals surface area contributed by atoms with Crippen molar-refractivity contribution in [3.05, 3.63) is 65.2 Å². The van der Waals surface area contributed by atoms with Crippen LogP contribution in [0.3, 0.4) is 0 Å². The highest BCUT2D eigenvalue weighted by Crippen LogP contribution is 2.19. The van der Waals surface area contributed by atoms with Crippen molar-refractivity contribution in [1.82, 2.24) is 9.62 Å². The third-order valence-electron chi connectivity index (χ3n) is 4.65. The molecule has 9 heteroatoms. The third-order valence-corrected chi connectivity index (χ3v) is 6.55. The van der Waals surface area contributed by atoms with Crippen LogP contribution in [0.4, 0.5) is 8.78 Å². The highest BCUT2D eigenvalue weighted by Gasteiger charge is 2.27. The number of amides is 1. The smallest absolute Gasteiger partial charge is 0.251 e. The zero-order valence-electron chi connectivity index (χ0n) is 15.9. The Balaban J connectivity index is 1.72. The van der Waals surface area contributed by atoms with E-state index in [0.717, 1.165) is 12.1 Å². The number of benzene rings is 2. The van der Waals surface area contributed by atoms with E-state index in [1.807, 2.05) is 0 Å². The van der Waals surface area contributed by atoms with Gasteiger partial charge in [-0.05, 0) is 43.7 Å². The van der Waals surface area contributed by atoms with Gasteiger partial charge in [0.05, 0.1) is 18.1 Å². The molecule has 6 nitrogen and oxygen atoms in total. The fourth-order valence-corrected chi connectivity index (χ4v) is 4.58. The summed E-state index contributed by atoms with van der Waals surface area (Å²) in [7, 11) is -3.73. The highest BCUT2D eigenvalue weighted by atomic mass is 32.2. The Morgan fingerprint density at radius 2 is 1.76 bits per heavy atom. The maximum absolute atomic E-state index is 13.8. The number of carbonyl (C=O) groups is 1. The van der Waals surface area contributed by atoms with Gasteiger partial charge in [0.1, 0.15) is 11.6 Å². The van der Waals surface area contributed by atoms with Gasteiger partial charge in [0.2, 0.25) is 10.0 Å². The molecule has 1 heterocycles. The lowest BCUT2D eigenvalue weighted by atomic mass is 10.1. The SMILES string of the molecule is CC(Cc1c(F)cccc1F)NC(=O)c1cccc(S(=O)(=O)N2CCOCC2)c1. The molecule has 1 N–H and O–H groups in total. The molecule has 0 aromatic heterocycles. The number of morpholine rings is 1. The third kappa shape index (κ3) is 4.98. The van der Waals surface area contributed by atoms with Crippen molar-refractivity contribution in [2.75, 3.05) is 26.3 Å². The number of sulfonamides is 1. The van der Waals surface area contributed by atoms with Crippen LogP contribution in [0, 0.1) is 11.6 Å². The van der Waals surface area contributed by atoms with Crippen LogP contribution in [0.5, 0.6) is 0 Å². The van der Waals surface area contributed by atoms with Crippen molar-refractivity contribution in [2.24, 2.45) is 0 Å². The first kappa shape index (κ1) is 21.4. The van der Waals surface area contributed by atoms with Crippen molar-refractivity contribution in [3.63, 3.8) is 0 Å². The molecule has 1 atom stereocenters. The van der Waals surface area contributed by atoms with Crippen LogP contribution >= 0.6 is 0 Å². The predicted octanol–water partition coefficient (Wildman–Crippen LogP) is 2.35. The molecule has 1 aliphatic rings. The number of hydrogen-bond acceptors (Lipinski definition) is 4. The van der Waals surface area contributed by atoms with E-state index in [1.165, 1.54) is 34.6 Å². The molecular formula is C20H22F2N2O4S. The molecule has 2 aromatic carbocycles. The lowest BCUT2D eigenvalue weighted by Gasteiger charge is -2.26. The van der Waals surface area contributed by atoms with Crippen LogP contribution in [-0.2, 0) is 21.2 Å². The summed E-state index contributed by atoms with van der Waals surface area (Å²) < 4.78 is 59.6. The minimum absolute atomic E-state index is 0.0138. The van der Waals surface area contributed by atoms with E-state index in [-0.39, 0.29) is 35.5 Å². The molecule has 0 saturated carbocycles. The van der Waals surface area contributed by atoms with Gasteiger partial charge >= 0.3 is 0 Å². The molecule has 29 heavy (non-hydrogen) atoms. The van der Waals surface area contributed by atoms with Gasteiger partial charge in [-0.25, -0.2) is 17.2 Å². The van der Waals surface area contributed by atoms with Crippen molar-refractivity contribution >= 4 is 15.9 Å². The number of nitrogens with zero attached hydrogens (tertiary/aromatic N) is 1. The molecule has 1 fully saturated rings. The number of carbonyl (C=O) groups excluding carboxylic acids is 1. The van der Waals surface area contributed by atoms with E-state index in [2.05, 4.69) is 5.32 Å². The van der Waals surface area contributed by atoms with Crippen LogP contribution in [0.25, 0.3) is 0 Å². The average Bonchev–Trinajstić information content (AvgIpc) is 2.71. The lowest BCUT2D eigenvalue weighted by Crippen LogP contribution is -2.40. The second-order valence-electron chi connectivity index (χ2n) is 6.82. The molecule has 1 amide bonds. The van der Waals surface area contributed by atoms with Gasteiger partial charge in [-0.2, -0.15) is 4.31 Å². The normalized spacial score (nSPS) is 16.4. The Morgan fingerprint density at radius 1 is 1.14 bits per heavy atom. The minimum Gasteiger partial charge on any atom is -0.379 e. The Hall–Kier alpha value is -2.36. The van der Waals surface area contributed by atoms with Crippen LogP contribution < -0.4 is 5.32 Å². The van der Waals surface area contributed by atoms with Gasteiger partial charge in [-0.15, -0.1) is 0 Å². The quantitative estimate of drug-likeness (QED) is 0.773. The van der Waals surface area contributed by atoms with Crippen LogP contribution in [0.15, 0.2) is 47.4 Å². The molecule has 0 radical (unpaired) electrons. The monoisotopic (exact) mass is 424 g/mol. The molecule has 0 spiro atoms. The molecule has 0 bridgehead atoms. The van der Waals surface area contributed by atoms with Gasteiger partial charge in [-0.1, -0.05) is 12.1 Å². The van der Waals surface area contributed by atoms with Gasteiger partial charge < -0.3 is 10.1 Å². The van der Waals surface area contributed by atoms with Crippen LogP contribution in [-0.4, -0.2) is 51.0 Å². The molecule has 3 rings (SSSR count). The zero-order chi connectivity index (χ0) is 21.0. The Labute approximate surface area is 168 Å². The Kier molecular flexibility index (Phi) is 6.61. The summed E-state index contributed by atoms with van der Waals surface area (Å²) in [6.45, 7) is 2.78. The summed E-state index contributed by atoms with van der Waals surface area (Å²) in [6, 6.07) is 8.75. The lowest BCUT2D eigenvalue weighted by molar-refractivity contribution is 0.0730. The van der Waals surface area contributed by atoms with E-state index in [9.17, 15) is 22.0 Å². The van der Waals surface area contributed by atoms with Crippen LogP contribution in [0.2, 0.25) is 0 Å². The van der Waals surface area contributed by atoms with E-state index in [1.54, 1.807) is 6.92 Å².